The van der Waals surface area contributed by atoms with E-state index in [2.05, 4.69) is 40.4 Å². The van der Waals surface area contributed by atoms with E-state index in [1.807, 2.05) is 37.3 Å². The maximum absolute atomic E-state index is 12.7. The molecule has 31 heavy (non-hydrogen) atoms. The van der Waals surface area contributed by atoms with Gasteiger partial charge < -0.3 is 15.1 Å². The summed E-state index contributed by atoms with van der Waals surface area (Å²) in [6.07, 6.45) is 0.272. The maximum Gasteiger partial charge on any atom is 0.329 e. The number of carbonyl (C=O) groups excluding carboxylic acids is 1. The highest BCUT2D eigenvalue weighted by Crippen LogP contribution is 2.21. The Labute approximate surface area is 182 Å². The largest absolute Gasteiger partial charge is 0.369 e. The number of rotatable bonds is 7. The molecule has 1 saturated heterocycles. The number of imidazole rings is 1. The van der Waals surface area contributed by atoms with Crippen LogP contribution in [0.25, 0.3) is 11.0 Å². The van der Waals surface area contributed by atoms with Gasteiger partial charge in [0.15, 0.2) is 0 Å². The van der Waals surface area contributed by atoms with Gasteiger partial charge in [-0.15, -0.1) is 0 Å². The Morgan fingerprint density at radius 3 is 2.29 bits per heavy atom. The van der Waals surface area contributed by atoms with Gasteiger partial charge in [0.25, 0.3) is 0 Å². The number of carbonyl (C=O) groups is 1. The van der Waals surface area contributed by atoms with Crippen molar-refractivity contribution >= 4 is 22.6 Å². The lowest BCUT2D eigenvalue weighted by atomic mass is 10.1. The van der Waals surface area contributed by atoms with Crippen LogP contribution in [0.2, 0.25) is 0 Å². The second kappa shape index (κ2) is 9.39. The van der Waals surface area contributed by atoms with E-state index >= 15 is 0 Å². The van der Waals surface area contributed by atoms with Gasteiger partial charge in [0.2, 0.25) is 5.91 Å². The van der Waals surface area contributed by atoms with E-state index < -0.39 is 0 Å². The lowest BCUT2D eigenvalue weighted by Crippen LogP contribution is -2.45. The zero-order chi connectivity index (χ0) is 21.8. The first-order valence-corrected chi connectivity index (χ1v) is 11.0. The summed E-state index contributed by atoms with van der Waals surface area (Å²) in [7, 11) is 2.15. The van der Waals surface area contributed by atoms with Crippen molar-refractivity contribution in [3.05, 3.63) is 64.6 Å². The molecule has 4 rings (SSSR count). The molecule has 0 saturated carbocycles. The number of aryl methyl sites for hydroxylation is 2. The smallest absolute Gasteiger partial charge is 0.329 e. The number of likely N-dealkylation sites (N-methyl/N-ethyl adjacent to an activating group) is 1. The molecule has 1 amide bonds. The second-order valence-corrected chi connectivity index (χ2v) is 8.11. The molecule has 7 heteroatoms. The first-order chi connectivity index (χ1) is 15.1. The minimum Gasteiger partial charge on any atom is -0.369 e. The van der Waals surface area contributed by atoms with E-state index in [1.54, 1.807) is 9.13 Å². The number of hydrogen-bond donors (Lipinski definition) is 1. The predicted molar refractivity (Wildman–Crippen MR) is 124 cm³/mol. The van der Waals surface area contributed by atoms with Crippen LogP contribution in [0.5, 0.6) is 0 Å². The van der Waals surface area contributed by atoms with Crippen molar-refractivity contribution in [3.8, 4) is 0 Å². The maximum atomic E-state index is 12.7. The minimum atomic E-state index is -0.0584. The number of hydrogen-bond acceptors (Lipinski definition) is 4. The number of anilines is 1. The van der Waals surface area contributed by atoms with Crippen LogP contribution in [0, 0.1) is 0 Å². The molecule has 3 aromatic rings. The van der Waals surface area contributed by atoms with Crippen LogP contribution in [0.4, 0.5) is 5.69 Å². The molecule has 164 valence electrons. The van der Waals surface area contributed by atoms with E-state index in [4.69, 9.17) is 0 Å². The average Bonchev–Trinajstić information content (AvgIpc) is 3.07. The van der Waals surface area contributed by atoms with Gasteiger partial charge in [0, 0.05) is 57.9 Å². The molecule has 0 spiro atoms. The highest BCUT2D eigenvalue weighted by Gasteiger charge is 2.17. The molecular formula is C24H31N5O2. The van der Waals surface area contributed by atoms with Gasteiger partial charge in [-0.1, -0.05) is 30.3 Å². The third-order valence-corrected chi connectivity index (χ3v) is 6.12. The van der Waals surface area contributed by atoms with Crippen LogP contribution in [0.1, 0.15) is 18.9 Å². The van der Waals surface area contributed by atoms with E-state index in [-0.39, 0.29) is 18.0 Å². The Kier molecular flexibility index (Phi) is 6.42. The fourth-order valence-electron chi connectivity index (χ4n) is 4.31. The highest BCUT2D eigenvalue weighted by atomic mass is 16.2. The van der Waals surface area contributed by atoms with Crippen molar-refractivity contribution in [1.82, 2.24) is 19.4 Å². The molecule has 0 aliphatic carbocycles. The molecule has 0 atom stereocenters. The topological polar surface area (TPSA) is 62.5 Å². The summed E-state index contributed by atoms with van der Waals surface area (Å²) in [6, 6.07) is 16.0. The zero-order valence-corrected chi connectivity index (χ0v) is 18.4. The fourth-order valence-corrected chi connectivity index (χ4v) is 4.31. The number of nitrogens with zero attached hydrogens (tertiary/aromatic N) is 4. The minimum absolute atomic E-state index is 0.0478. The fraction of sp³-hybridized carbons (Fsp3) is 0.417. The van der Waals surface area contributed by atoms with Crippen molar-refractivity contribution in [2.75, 3.05) is 38.1 Å². The Morgan fingerprint density at radius 1 is 0.935 bits per heavy atom. The molecule has 1 aliphatic rings. The number of aromatic nitrogens is 2. The second-order valence-electron chi connectivity index (χ2n) is 8.11. The zero-order valence-electron chi connectivity index (χ0n) is 18.4. The summed E-state index contributed by atoms with van der Waals surface area (Å²) in [5, 5.41) is 3.05. The van der Waals surface area contributed by atoms with Gasteiger partial charge in [-0.2, -0.15) is 0 Å². The molecule has 1 aliphatic heterocycles. The van der Waals surface area contributed by atoms with Crippen LogP contribution in [0.15, 0.2) is 53.3 Å². The summed E-state index contributed by atoms with van der Waals surface area (Å²) in [6.45, 7) is 7.51. The van der Waals surface area contributed by atoms with E-state index in [9.17, 15) is 9.59 Å². The Balaban J connectivity index is 1.40. The van der Waals surface area contributed by atoms with Gasteiger partial charge in [0.1, 0.15) is 0 Å². The SMILES string of the molecule is CCn1c(=O)n(CCC(=O)NCc2ccccc2N2CCN(C)CC2)c2ccccc21. The summed E-state index contributed by atoms with van der Waals surface area (Å²) in [5.41, 5.74) is 4.05. The Bertz CT molecular complexity index is 1110. The normalized spacial score (nSPS) is 14.8. The van der Waals surface area contributed by atoms with Gasteiger partial charge in [-0.3, -0.25) is 13.9 Å². The summed E-state index contributed by atoms with van der Waals surface area (Å²) < 4.78 is 3.45. The van der Waals surface area contributed by atoms with Crippen molar-refractivity contribution in [2.45, 2.75) is 33.0 Å². The van der Waals surface area contributed by atoms with Crippen LogP contribution in [-0.2, 0) is 24.4 Å². The Morgan fingerprint density at radius 2 is 1.58 bits per heavy atom. The van der Waals surface area contributed by atoms with Gasteiger partial charge in [-0.05, 0) is 37.7 Å². The van der Waals surface area contributed by atoms with Crippen LogP contribution in [0.3, 0.4) is 0 Å². The Hall–Kier alpha value is -3.06. The number of amides is 1. The van der Waals surface area contributed by atoms with Crippen molar-refractivity contribution in [1.29, 1.82) is 0 Å². The molecule has 7 nitrogen and oxygen atoms in total. The van der Waals surface area contributed by atoms with Gasteiger partial charge >= 0.3 is 5.69 Å². The molecule has 2 heterocycles. The molecule has 1 N–H and O–H groups in total. The van der Waals surface area contributed by atoms with Gasteiger partial charge in [-0.25, -0.2) is 4.79 Å². The summed E-state index contributed by atoms with van der Waals surface area (Å²) in [5.74, 6) is -0.0478. The average molecular weight is 422 g/mol. The van der Waals surface area contributed by atoms with Gasteiger partial charge in [0.05, 0.1) is 11.0 Å². The quantitative estimate of drug-likeness (QED) is 0.636. The summed E-state index contributed by atoms with van der Waals surface area (Å²) in [4.78, 5) is 30.1. The summed E-state index contributed by atoms with van der Waals surface area (Å²) >= 11 is 0. The van der Waals surface area contributed by atoms with E-state index in [0.717, 1.165) is 42.8 Å². The predicted octanol–water partition coefficient (Wildman–Crippen LogP) is 2.28. The monoisotopic (exact) mass is 421 g/mol. The van der Waals surface area contributed by atoms with E-state index in [1.165, 1.54) is 5.69 Å². The first kappa shape index (κ1) is 21.2. The lowest BCUT2D eigenvalue weighted by Gasteiger charge is -2.35. The van der Waals surface area contributed by atoms with Crippen LogP contribution < -0.4 is 15.9 Å². The molecule has 0 unspecified atom stereocenters. The molecule has 1 fully saturated rings. The number of piperazine rings is 1. The standard InChI is InChI=1S/C24H31N5O2/c1-3-28-21-10-6-7-11-22(21)29(24(28)31)13-12-23(30)25-18-19-8-4-5-9-20(19)27-16-14-26(2)15-17-27/h4-11H,3,12-18H2,1-2H3,(H,25,30). The highest BCUT2D eigenvalue weighted by molar-refractivity contribution is 5.78. The molecule has 2 aromatic carbocycles. The number of para-hydroxylation sites is 3. The van der Waals surface area contributed by atoms with Crippen molar-refractivity contribution in [3.63, 3.8) is 0 Å². The third-order valence-electron chi connectivity index (χ3n) is 6.12. The van der Waals surface area contributed by atoms with E-state index in [0.29, 0.717) is 19.6 Å². The number of fused-ring (bicyclic) bond motifs is 1. The molecule has 0 radical (unpaired) electrons. The van der Waals surface area contributed by atoms with Crippen LogP contribution >= 0.6 is 0 Å². The number of nitrogens with one attached hydrogen (secondary N) is 1. The van der Waals surface area contributed by atoms with Crippen molar-refractivity contribution in [2.24, 2.45) is 0 Å². The van der Waals surface area contributed by atoms with Crippen LogP contribution in [-0.4, -0.2) is 53.2 Å². The van der Waals surface area contributed by atoms with Crippen molar-refractivity contribution < 1.29 is 4.79 Å². The molecule has 1 aromatic heterocycles. The molecule has 0 bridgehead atoms. The molecular weight excluding hydrogens is 390 g/mol. The first-order valence-electron chi connectivity index (χ1n) is 11.0. The third kappa shape index (κ3) is 4.51. The number of benzene rings is 2. The lowest BCUT2D eigenvalue weighted by molar-refractivity contribution is -0.121.